The fourth-order valence-corrected chi connectivity index (χ4v) is 0.479. The predicted octanol–water partition coefficient (Wildman–Crippen LogP) is -4.42. The molecular formula is C8H15BNNaO8. The zero-order valence-corrected chi connectivity index (χ0v) is 13.6. The summed E-state index contributed by atoms with van der Waals surface area (Å²) in [5.74, 6) is -3.23. The zero-order chi connectivity index (χ0) is 14.0. The molecule has 0 radical (unpaired) electrons. The van der Waals surface area contributed by atoms with E-state index in [2.05, 4.69) is 14.0 Å². The maximum Gasteiger partial charge on any atom is 1.00 e. The Morgan fingerprint density at radius 2 is 0.947 bits per heavy atom. The summed E-state index contributed by atoms with van der Waals surface area (Å²) in [5.41, 5.74) is 0. The third-order valence-corrected chi connectivity index (χ3v) is 0.787. The number of carboxylic acid groups (broad SMARTS) is 1. The molecule has 0 atom stereocenters. The molecular weight excluding hydrogens is 272 g/mol. The molecule has 0 aliphatic carbocycles. The Labute approximate surface area is 133 Å². The number of carbonyl (C=O) groups is 4. The molecule has 0 rings (SSSR count). The van der Waals surface area contributed by atoms with Crippen LogP contribution in [0.25, 0.3) is 0 Å². The molecule has 0 aliphatic heterocycles. The summed E-state index contributed by atoms with van der Waals surface area (Å²) in [6, 6.07) is 0. The maximum absolute atomic E-state index is 10.4. The first-order chi connectivity index (χ1) is 7.65. The molecule has 0 amide bonds. The number of hydrogen-bond acceptors (Lipinski definition) is 9. The standard InChI is InChI=1S/C6H9BO6.C2H4O2.H3N.Na/c1-4(8)11-7(12-5(2)9)13-6(3)10;1-2(3)4;;/h1-3H3;1H3,(H,3,4);1H3;/q;;;+1/p-1. The molecule has 0 unspecified atom stereocenters. The smallest absolute Gasteiger partial charge is 0.550 e. The van der Waals surface area contributed by atoms with Gasteiger partial charge in [0.15, 0.2) is 0 Å². The molecule has 0 heterocycles. The second-order valence-corrected chi connectivity index (χ2v) is 2.61. The topological polar surface area (TPSA) is 154 Å². The van der Waals surface area contributed by atoms with Gasteiger partial charge in [-0.2, -0.15) is 0 Å². The molecule has 3 N–H and O–H groups in total. The fraction of sp³-hybridized carbons (Fsp3) is 0.500. The van der Waals surface area contributed by atoms with Gasteiger partial charge in [0.2, 0.25) is 0 Å². The maximum atomic E-state index is 10.4. The van der Waals surface area contributed by atoms with Crippen LogP contribution in [0.3, 0.4) is 0 Å². The largest absolute Gasteiger partial charge is 1.00 e. The van der Waals surface area contributed by atoms with Gasteiger partial charge in [0.05, 0.1) is 0 Å². The number of hydrogen-bond donors (Lipinski definition) is 1. The second kappa shape index (κ2) is 15.0. The van der Waals surface area contributed by atoms with Gasteiger partial charge >= 0.3 is 36.9 Å². The van der Waals surface area contributed by atoms with E-state index in [4.69, 9.17) is 9.90 Å². The summed E-state index contributed by atoms with van der Waals surface area (Å²) in [4.78, 5) is 40.1. The normalized spacial score (nSPS) is 7.16. The van der Waals surface area contributed by atoms with Gasteiger partial charge in [-0.25, -0.2) is 0 Å². The van der Waals surface area contributed by atoms with Crippen molar-refractivity contribution in [3.63, 3.8) is 0 Å². The minimum absolute atomic E-state index is 0. The fourth-order valence-electron chi connectivity index (χ4n) is 0.479. The summed E-state index contributed by atoms with van der Waals surface area (Å²) >= 11 is 0. The molecule has 0 aromatic heterocycles. The van der Waals surface area contributed by atoms with Crippen molar-refractivity contribution in [1.29, 1.82) is 0 Å². The van der Waals surface area contributed by atoms with Gasteiger partial charge in [0.25, 0.3) is 17.9 Å². The van der Waals surface area contributed by atoms with Crippen LogP contribution in [0.4, 0.5) is 0 Å². The Hall–Kier alpha value is -1.10. The van der Waals surface area contributed by atoms with Crippen molar-refractivity contribution in [2.24, 2.45) is 0 Å². The van der Waals surface area contributed by atoms with Crippen molar-refractivity contribution < 1.29 is 67.8 Å². The van der Waals surface area contributed by atoms with Crippen LogP contribution in [0, 0.1) is 0 Å². The van der Waals surface area contributed by atoms with E-state index < -0.39 is 31.2 Å². The molecule has 0 saturated heterocycles. The van der Waals surface area contributed by atoms with E-state index in [0.717, 1.165) is 27.7 Å². The van der Waals surface area contributed by atoms with Gasteiger partial charge in [0.1, 0.15) is 0 Å². The van der Waals surface area contributed by atoms with Crippen molar-refractivity contribution in [3.05, 3.63) is 0 Å². The van der Waals surface area contributed by atoms with E-state index >= 15 is 0 Å². The SMILES string of the molecule is CC(=O)OB(OC(C)=O)OC(C)=O.CC(=O)[O-].N.[Na+]. The van der Waals surface area contributed by atoms with Crippen LogP contribution in [0.2, 0.25) is 0 Å². The van der Waals surface area contributed by atoms with Crippen molar-refractivity contribution in [3.8, 4) is 0 Å². The summed E-state index contributed by atoms with van der Waals surface area (Å²) in [6.45, 7) is 4.26. The Bertz CT molecular complexity index is 269. The van der Waals surface area contributed by atoms with E-state index in [-0.39, 0.29) is 35.7 Å². The van der Waals surface area contributed by atoms with E-state index in [1.54, 1.807) is 0 Å². The number of carbonyl (C=O) groups excluding carboxylic acids is 4. The van der Waals surface area contributed by atoms with Crippen LogP contribution in [-0.2, 0) is 33.1 Å². The monoisotopic (exact) mass is 287 g/mol. The van der Waals surface area contributed by atoms with Crippen LogP contribution >= 0.6 is 0 Å². The molecule has 104 valence electrons. The predicted molar refractivity (Wildman–Crippen MR) is 56.8 cm³/mol. The van der Waals surface area contributed by atoms with Gasteiger partial charge in [-0.1, -0.05) is 0 Å². The van der Waals surface area contributed by atoms with Crippen LogP contribution < -0.4 is 40.8 Å². The Morgan fingerprint density at radius 3 is 1.05 bits per heavy atom. The second-order valence-electron chi connectivity index (χ2n) is 2.61. The number of carboxylic acids is 1. The Morgan fingerprint density at radius 1 is 0.789 bits per heavy atom. The Balaban J connectivity index is -0.000000165. The van der Waals surface area contributed by atoms with Crippen LogP contribution in [-0.4, -0.2) is 31.2 Å². The third-order valence-electron chi connectivity index (χ3n) is 0.787. The van der Waals surface area contributed by atoms with Crippen LogP contribution in [0.1, 0.15) is 27.7 Å². The first-order valence-electron chi connectivity index (χ1n) is 4.34. The van der Waals surface area contributed by atoms with Gasteiger partial charge < -0.3 is 30.0 Å². The number of aliphatic carboxylic acids is 1. The quantitative estimate of drug-likeness (QED) is 0.506. The summed E-state index contributed by atoms with van der Waals surface area (Å²) < 4.78 is 13.0. The van der Waals surface area contributed by atoms with Crippen LogP contribution in [0.5, 0.6) is 0 Å². The molecule has 0 spiro atoms. The molecule has 0 aromatic carbocycles. The van der Waals surface area contributed by atoms with E-state index in [1.165, 1.54) is 0 Å². The minimum atomic E-state index is -1.59. The molecule has 9 nitrogen and oxygen atoms in total. The van der Waals surface area contributed by atoms with Gasteiger partial charge in [-0.05, 0) is 6.92 Å². The first kappa shape index (κ1) is 26.5. The Kier molecular flexibility index (Phi) is 20.8. The van der Waals surface area contributed by atoms with Crippen molar-refractivity contribution in [1.82, 2.24) is 6.15 Å². The van der Waals surface area contributed by atoms with E-state index in [1.807, 2.05) is 0 Å². The van der Waals surface area contributed by atoms with Gasteiger partial charge in [-0.15, -0.1) is 0 Å². The van der Waals surface area contributed by atoms with E-state index in [0.29, 0.717) is 0 Å². The molecule has 0 bridgehead atoms. The molecule has 0 aromatic rings. The zero-order valence-electron chi connectivity index (χ0n) is 11.6. The van der Waals surface area contributed by atoms with Crippen molar-refractivity contribution in [2.45, 2.75) is 27.7 Å². The van der Waals surface area contributed by atoms with Gasteiger partial charge in [-0.3, -0.25) is 14.4 Å². The summed E-state index contributed by atoms with van der Waals surface area (Å²) in [7, 11) is -1.59. The average molecular weight is 287 g/mol. The van der Waals surface area contributed by atoms with Crippen LogP contribution in [0.15, 0.2) is 0 Å². The first-order valence-corrected chi connectivity index (χ1v) is 4.34. The molecule has 0 fully saturated rings. The van der Waals surface area contributed by atoms with Gasteiger partial charge in [0, 0.05) is 26.7 Å². The van der Waals surface area contributed by atoms with Crippen molar-refractivity contribution in [2.75, 3.05) is 0 Å². The molecule has 11 heteroatoms. The molecule has 0 aliphatic rings. The van der Waals surface area contributed by atoms with E-state index in [9.17, 15) is 14.4 Å². The summed E-state index contributed by atoms with van der Waals surface area (Å²) in [5, 5.41) is 8.89. The molecule has 0 saturated carbocycles. The summed E-state index contributed by atoms with van der Waals surface area (Å²) in [6.07, 6.45) is 0. The average Bonchev–Trinajstić information content (AvgIpc) is 1.96. The minimum Gasteiger partial charge on any atom is -0.550 e. The molecule has 19 heavy (non-hydrogen) atoms. The third kappa shape index (κ3) is 31.6. The van der Waals surface area contributed by atoms with Crippen molar-refractivity contribution >= 4 is 31.2 Å². The number of rotatable bonds is 3.